The van der Waals surface area contributed by atoms with Crippen molar-refractivity contribution >= 4 is 22.5 Å². The standard InChI is InChI=1S/C31H24ClF3N6O2/c1-40-18-36-17-27(40)30(42,21-7-11-26(37-16-21)31(33,34)35)20-6-10-25-23(15-20)28(32)24(29(39-25)43-2)14-19-4-8-22(9-5-19)41-13-3-12-38-41/h3-13,15-18,42H,14H2,1-2H3/t30-/m1/s1. The van der Waals surface area contributed by atoms with E-state index in [2.05, 4.69) is 20.1 Å². The first-order chi connectivity index (χ1) is 20.6. The molecule has 2 aromatic carbocycles. The SMILES string of the molecule is COc1nc2ccc([C@@](O)(c3ccc(C(F)(F)F)nc3)c3cncn3C)cc2c(Cl)c1Cc1ccc(-n2cccn2)cc1. The minimum Gasteiger partial charge on any atom is -0.481 e. The number of methoxy groups -OCH3 is 1. The van der Waals surface area contributed by atoms with E-state index in [0.29, 0.717) is 45.0 Å². The van der Waals surface area contributed by atoms with Crippen LogP contribution < -0.4 is 4.74 Å². The Morgan fingerprint density at radius 2 is 1.77 bits per heavy atom. The number of halogens is 4. The second-order valence-corrected chi connectivity index (χ2v) is 10.3. The molecule has 0 aliphatic heterocycles. The molecule has 6 aromatic rings. The Kier molecular flexibility index (Phi) is 7.15. The predicted octanol–water partition coefficient (Wildman–Crippen LogP) is 6.10. The second-order valence-electron chi connectivity index (χ2n) is 9.97. The molecule has 1 N–H and O–H groups in total. The van der Waals surface area contributed by atoms with Crippen molar-refractivity contribution in [3.63, 3.8) is 0 Å². The monoisotopic (exact) mass is 604 g/mol. The number of ether oxygens (including phenoxy) is 1. The fraction of sp³-hybridized carbons (Fsp3) is 0.161. The molecule has 0 radical (unpaired) electrons. The average molecular weight is 605 g/mol. The highest BCUT2D eigenvalue weighted by Gasteiger charge is 2.39. The highest BCUT2D eigenvalue weighted by molar-refractivity contribution is 6.36. The molecule has 0 saturated carbocycles. The van der Waals surface area contributed by atoms with Gasteiger partial charge in [-0.15, -0.1) is 0 Å². The van der Waals surface area contributed by atoms with Gasteiger partial charge in [0.2, 0.25) is 5.88 Å². The summed E-state index contributed by atoms with van der Waals surface area (Å²) in [6.45, 7) is 0. The number of benzene rings is 2. The third kappa shape index (κ3) is 5.10. The smallest absolute Gasteiger partial charge is 0.433 e. The number of pyridine rings is 2. The Morgan fingerprint density at radius 1 is 1.00 bits per heavy atom. The molecule has 0 amide bonds. The number of alkyl halides is 3. The average Bonchev–Trinajstić information content (AvgIpc) is 3.70. The van der Waals surface area contributed by atoms with E-state index in [1.54, 1.807) is 40.7 Å². The predicted molar refractivity (Wildman–Crippen MR) is 154 cm³/mol. The number of aromatic nitrogens is 6. The van der Waals surface area contributed by atoms with Crippen LogP contribution >= 0.6 is 11.6 Å². The molecule has 43 heavy (non-hydrogen) atoms. The van der Waals surface area contributed by atoms with E-state index in [4.69, 9.17) is 16.3 Å². The van der Waals surface area contributed by atoms with Gasteiger partial charge >= 0.3 is 6.18 Å². The van der Waals surface area contributed by atoms with Crippen LogP contribution in [0.5, 0.6) is 5.88 Å². The minimum atomic E-state index is -4.62. The highest BCUT2D eigenvalue weighted by Crippen LogP contribution is 2.41. The molecule has 4 aromatic heterocycles. The van der Waals surface area contributed by atoms with E-state index >= 15 is 0 Å². The van der Waals surface area contributed by atoms with E-state index in [9.17, 15) is 18.3 Å². The molecule has 4 heterocycles. The summed E-state index contributed by atoms with van der Waals surface area (Å²) < 4.78 is 48.7. The Morgan fingerprint density at radius 3 is 2.37 bits per heavy atom. The lowest BCUT2D eigenvalue weighted by Gasteiger charge is -2.30. The van der Waals surface area contributed by atoms with Gasteiger partial charge in [-0.05, 0) is 47.5 Å². The molecule has 0 aliphatic carbocycles. The van der Waals surface area contributed by atoms with Crippen molar-refractivity contribution in [2.24, 2.45) is 7.05 Å². The van der Waals surface area contributed by atoms with Crippen molar-refractivity contribution in [3.05, 3.63) is 130 Å². The molecule has 0 saturated heterocycles. The summed E-state index contributed by atoms with van der Waals surface area (Å²) in [4.78, 5) is 12.4. The number of aryl methyl sites for hydroxylation is 1. The molecule has 0 bridgehead atoms. The van der Waals surface area contributed by atoms with Gasteiger partial charge in [0, 0.05) is 48.6 Å². The van der Waals surface area contributed by atoms with Crippen molar-refractivity contribution < 1.29 is 23.0 Å². The van der Waals surface area contributed by atoms with Crippen LogP contribution in [0.3, 0.4) is 0 Å². The van der Waals surface area contributed by atoms with Gasteiger partial charge in [-0.1, -0.05) is 35.9 Å². The lowest BCUT2D eigenvalue weighted by Crippen LogP contribution is -2.31. The van der Waals surface area contributed by atoms with Crippen LogP contribution in [0.25, 0.3) is 16.6 Å². The van der Waals surface area contributed by atoms with E-state index < -0.39 is 17.5 Å². The van der Waals surface area contributed by atoms with Gasteiger partial charge in [-0.3, -0.25) is 4.98 Å². The maximum Gasteiger partial charge on any atom is 0.433 e. The summed E-state index contributed by atoms with van der Waals surface area (Å²) in [5.41, 5.74) is 0.819. The molecule has 0 aliphatic rings. The molecule has 0 spiro atoms. The van der Waals surface area contributed by atoms with Gasteiger partial charge in [-0.2, -0.15) is 18.3 Å². The van der Waals surface area contributed by atoms with Gasteiger partial charge < -0.3 is 14.4 Å². The maximum atomic E-state index is 13.3. The number of fused-ring (bicyclic) bond motifs is 1. The van der Waals surface area contributed by atoms with Crippen LogP contribution in [-0.4, -0.2) is 41.5 Å². The molecule has 12 heteroatoms. The third-order valence-electron chi connectivity index (χ3n) is 7.33. The third-order valence-corrected chi connectivity index (χ3v) is 7.77. The van der Waals surface area contributed by atoms with Crippen LogP contribution in [0.4, 0.5) is 13.2 Å². The second kappa shape index (κ2) is 10.8. The van der Waals surface area contributed by atoms with Crippen molar-refractivity contribution in [1.82, 2.24) is 29.3 Å². The fourth-order valence-corrected chi connectivity index (χ4v) is 5.42. The molecule has 8 nitrogen and oxygen atoms in total. The minimum absolute atomic E-state index is 0.124. The van der Waals surface area contributed by atoms with Crippen molar-refractivity contribution in [2.45, 2.75) is 18.2 Å². The molecule has 0 unspecified atom stereocenters. The summed E-state index contributed by atoms with van der Waals surface area (Å²) >= 11 is 7.01. The van der Waals surface area contributed by atoms with Gasteiger partial charge in [0.05, 0.1) is 41.6 Å². The molecule has 6 rings (SSSR count). The van der Waals surface area contributed by atoms with Gasteiger partial charge in [0.1, 0.15) is 5.69 Å². The summed E-state index contributed by atoms with van der Waals surface area (Å²) in [5, 5.41) is 17.4. The quantitative estimate of drug-likeness (QED) is 0.237. The first-order valence-electron chi connectivity index (χ1n) is 13.1. The van der Waals surface area contributed by atoms with Crippen LogP contribution in [0.15, 0.2) is 91.8 Å². The van der Waals surface area contributed by atoms with Crippen LogP contribution in [-0.2, 0) is 25.2 Å². The summed E-state index contributed by atoms with van der Waals surface area (Å²) in [7, 11) is 3.20. The topological polar surface area (TPSA) is 90.9 Å². The number of hydrogen-bond donors (Lipinski definition) is 1. The lowest BCUT2D eigenvalue weighted by molar-refractivity contribution is -0.141. The molecular formula is C31H24ClF3N6O2. The number of aliphatic hydroxyl groups is 1. The van der Waals surface area contributed by atoms with E-state index in [-0.39, 0.29) is 5.56 Å². The molecular weight excluding hydrogens is 581 g/mol. The van der Waals surface area contributed by atoms with Gasteiger partial charge in [0.25, 0.3) is 0 Å². The Hall–Kier alpha value is -4.74. The van der Waals surface area contributed by atoms with Gasteiger partial charge in [0.15, 0.2) is 5.60 Å². The van der Waals surface area contributed by atoms with E-state index in [0.717, 1.165) is 23.5 Å². The number of hydrogen-bond acceptors (Lipinski definition) is 6. The van der Waals surface area contributed by atoms with Crippen LogP contribution in [0.1, 0.15) is 33.6 Å². The number of rotatable bonds is 7. The first kappa shape index (κ1) is 28.4. The zero-order chi connectivity index (χ0) is 30.4. The summed E-state index contributed by atoms with van der Waals surface area (Å²) in [6, 6.07) is 16.7. The van der Waals surface area contributed by atoms with E-state index in [1.165, 1.54) is 25.7 Å². The number of nitrogens with zero attached hydrogens (tertiary/aromatic N) is 6. The zero-order valence-electron chi connectivity index (χ0n) is 22.9. The maximum absolute atomic E-state index is 13.3. The van der Waals surface area contributed by atoms with Crippen molar-refractivity contribution in [2.75, 3.05) is 7.11 Å². The largest absolute Gasteiger partial charge is 0.481 e. The van der Waals surface area contributed by atoms with Gasteiger partial charge in [-0.25, -0.2) is 14.6 Å². The highest BCUT2D eigenvalue weighted by atomic mass is 35.5. The lowest BCUT2D eigenvalue weighted by atomic mass is 9.83. The van der Waals surface area contributed by atoms with Crippen molar-refractivity contribution in [1.29, 1.82) is 0 Å². The van der Waals surface area contributed by atoms with Crippen LogP contribution in [0, 0.1) is 0 Å². The molecule has 0 fully saturated rings. The Bertz CT molecular complexity index is 1910. The molecule has 218 valence electrons. The fourth-order valence-electron chi connectivity index (χ4n) is 5.13. The number of imidazole rings is 1. The van der Waals surface area contributed by atoms with Crippen LogP contribution in [0.2, 0.25) is 5.02 Å². The van der Waals surface area contributed by atoms with Crippen molar-refractivity contribution in [3.8, 4) is 11.6 Å². The summed E-state index contributed by atoms with van der Waals surface area (Å²) in [6.07, 6.45) is 3.31. The Balaban J connectivity index is 1.46. The first-order valence-corrected chi connectivity index (χ1v) is 13.5. The van der Waals surface area contributed by atoms with E-state index in [1.807, 2.05) is 36.5 Å². The normalized spacial score (nSPS) is 13.3. The molecule has 1 atom stereocenters. The zero-order valence-corrected chi connectivity index (χ0v) is 23.7. The Labute approximate surface area is 249 Å². The summed E-state index contributed by atoms with van der Waals surface area (Å²) in [5.74, 6) is 0.357.